The molecular formula is C53H74N4O15P2. The fraction of sp³-hybridized carbons (Fsp3) is 0.377. The van der Waals surface area contributed by atoms with Crippen LogP contribution in [-0.2, 0) is 23.2 Å². The summed E-state index contributed by atoms with van der Waals surface area (Å²) in [6, 6.07) is 36.0. The Labute approximate surface area is 435 Å². The lowest BCUT2D eigenvalue weighted by Gasteiger charge is -2.34. The van der Waals surface area contributed by atoms with Gasteiger partial charge in [0.2, 0.25) is 0 Å². The molecular weight excluding hydrogens is 995 g/mol. The Morgan fingerprint density at radius 1 is 0.581 bits per heavy atom. The summed E-state index contributed by atoms with van der Waals surface area (Å²) in [5.74, 6) is 2.23. The number of likely N-dealkylation sites (tertiary alicyclic amines) is 1. The first-order valence-electron chi connectivity index (χ1n) is 23.5. The maximum absolute atomic E-state index is 12.0. The molecule has 406 valence electrons. The number of benzene rings is 5. The summed E-state index contributed by atoms with van der Waals surface area (Å²) in [5.41, 5.74) is 11.2. The number of phosphoric acid groups is 2. The van der Waals surface area contributed by atoms with Gasteiger partial charge in [0.05, 0.1) is 0 Å². The number of phosphoric ester groups is 2. The molecule has 0 aromatic heterocycles. The first kappa shape index (κ1) is 64.0. The molecule has 5 aromatic carbocycles. The zero-order chi connectivity index (χ0) is 55.6. The van der Waals surface area contributed by atoms with Gasteiger partial charge in [-0.05, 0) is 128 Å². The number of hydrogen-bond acceptors (Lipinski definition) is 13. The molecule has 6 N–H and O–H groups in total. The van der Waals surface area contributed by atoms with Crippen molar-refractivity contribution in [2.75, 3.05) is 54.7 Å². The fourth-order valence-corrected chi connectivity index (χ4v) is 6.43. The maximum Gasteiger partial charge on any atom is 0.524 e. The molecule has 21 heteroatoms. The molecule has 0 saturated carbocycles. The highest BCUT2D eigenvalue weighted by Gasteiger charge is 2.25. The topological polar surface area (TPSA) is 257 Å². The summed E-state index contributed by atoms with van der Waals surface area (Å²) in [7, 11) is -1.25. The molecule has 1 fully saturated rings. The van der Waals surface area contributed by atoms with Gasteiger partial charge in [0.25, 0.3) is 5.91 Å². The van der Waals surface area contributed by atoms with Crippen LogP contribution in [0.4, 0.5) is 4.79 Å². The van der Waals surface area contributed by atoms with Crippen LogP contribution in [0.2, 0.25) is 0 Å². The third-order valence-electron chi connectivity index (χ3n) is 10.5. The highest BCUT2D eigenvalue weighted by molar-refractivity contribution is 7.46. The Hall–Kier alpha value is -6.11. The summed E-state index contributed by atoms with van der Waals surface area (Å²) in [6.45, 7) is 14.8. The number of hydrogen-bond donors (Lipinski definition) is 5. The molecule has 2 amide bonds. The van der Waals surface area contributed by atoms with Gasteiger partial charge in [-0.2, -0.15) is 0 Å². The molecule has 1 heterocycles. The average molecular weight is 1070 g/mol. The molecule has 1 atom stereocenters. The number of amides is 2. The number of rotatable bonds is 14. The lowest BCUT2D eigenvalue weighted by molar-refractivity contribution is -0.136. The van der Waals surface area contributed by atoms with Crippen LogP contribution in [0.3, 0.4) is 0 Å². The normalized spacial score (nSPS) is 12.6. The van der Waals surface area contributed by atoms with Crippen LogP contribution in [0.1, 0.15) is 54.5 Å². The number of esters is 1. The van der Waals surface area contributed by atoms with Crippen LogP contribution in [-0.4, -0.2) is 119 Å². The minimum absolute atomic E-state index is 0.0365. The van der Waals surface area contributed by atoms with E-state index < -0.39 is 28.5 Å². The molecule has 1 saturated heterocycles. The van der Waals surface area contributed by atoms with E-state index in [4.69, 9.17) is 44.3 Å². The molecule has 0 radical (unpaired) electrons. The van der Waals surface area contributed by atoms with Gasteiger partial charge in [0.1, 0.15) is 34.8 Å². The van der Waals surface area contributed by atoms with Crippen LogP contribution in [0.5, 0.6) is 28.7 Å². The van der Waals surface area contributed by atoms with Crippen molar-refractivity contribution in [3.63, 3.8) is 0 Å². The van der Waals surface area contributed by atoms with Crippen molar-refractivity contribution in [3.05, 3.63) is 149 Å². The van der Waals surface area contributed by atoms with Gasteiger partial charge in [-0.3, -0.25) is 14.6 Å². The Balaban J connectivity index is 0.000000320. The third-order valence-corrected chi connectivity index (χ3v) is 11.4. The van der Waals surface area contributed by atoms with Crippen molar-refractivity contribution in [1.29, 1.82) is 0 Å². The number of carbonyl (C=O) groups excluding carboxylic acids is 3. The predicted octanol–water partition coefficient (Wildman–Crippen LogP) is 8.77. The smallest absolute Gasteiger partial charge is 0.484 e. The van der Waals surface area contributed by atoms with Crippen LogP contribution in [0.15, 0.2) is 121 Å². The molecule has 0 aliphatic carbocycles. The van der Waals surface area contributed by atoms with E-state index in [0.717, 1.165) is 53.9 Å². The Kier molecular flexibility index (Phi) is 27.9. The molecule has 5 aromatic rings. The largest absolute Gasteiger partial charge is 0.524 e. The van der Waals surface area contributed by atoms with Crippen molar-refractivity contribution in [2.45, 2.75) is 73.4 Å². The molecule has 0 unspecified atom stereocenters. The van der Waals surface area contributed by atoms with E-state index >= 15 is 0 Å². The molecule has 1 aliphatic heterocycles. The summed E-state index contributed by atoms with van der Waals surface area (Å²) in [6.07, 6.45) is 1.78. The molecule has 1 aliphatic rings. The van der Waals surface area contributed by atoms with Gasteiger partial charge in [0.15, 0.2) is 13.4 Å². The van der Waals surface area contributed by atoms with Crippen molar-refractivity contribution in [2.24, 2.45) is 11.7 Å². The first-order chi connectivity index (χ1) is 34.6. The highest BCUT2D eigenvalue weighted by Crippen LogP contribution is 2.37. The van der Waals surface area contributed by atoms with Gasteiger partial charge >= 0.3 is 27.7 Å². The monoisotopic (exact) mass is 1070 g/mol. The van der Waals surface area contributed by atoms with Crippen molar-refractivity contribution >= 4 is 33.6 Å². The van der Waals surface area contributed by atoms with Gasteiger partial charge in [0, 0.05) is 33.2 Å². The van der Waals surface area contributed by atoms with Gasteiger partial charge in [-0.15, -0.1) is 0 Å². The second kappa shape index (κ2) is 32.3. The van der Waals surface area contributed by atoms with Crippen LogP contribution in [0, 0.1) is 40.5 Å². The zero-order valence-corrected chi connectivity index (χ0v) is 45.9. The minimum atomic E-state index is -4.44. The Morgan fingerprint density at radius 2 is 0.946 bits per heavy atom. The number of ether oxygens (including phenoxy) is 4. The van der Waals surface area contributed by atoms with Crippen LogP contribution < -0.4 is 29.2 Å². The van der Waals surface area contributed by atoms with Crippen molar-refractivity contribution in [1.82, 2.24) is 14.7 Å². The van der Waals surface area contributed by atoms with E-state index in [2.05, 4.69) is 28.0 Å². The summed E-state index contributed by atoms with van der Waals surface area (Å²) in [4.78, 5) is 73.8. The van der Waals surface area contributed by atoms with E-state index in [9.17, 15) is 23.5 Å². The lowest BCUT2D eigenvalue weighted by atomic mass is 10.0. The molecule has 74 heavy (non-hydrogen) atoms. The van der Waals surface area contributed by atoms with E-state index in [0.29, 0.717) is 23.3 Å². The van der Waals surface area contributed by atoms with E-state index in [1.165, 1.54) is 22.6 Å². The Bertz CT molecular complexity index is 2510. The molecule has 0 bridgehead atoms. The van der Waals surface area contributed by atoms with Gasteiger partial charge in [-0.25, -0.2) is 23.2 Å². The summed E-state index contributed by atoms with van der Waals surface area (Å²) < 4.78 is 49.8. The number of carbonyl (C=O) groups is 3. The van der Waals surface area contributed by atoms with Crippen molar-refractivity contribution in [3.8, 4) is 28.7 Å². The predicted molar refractivity (Wildman–Crippen MR) is 284 cm³/mol. The average Bonchev–Trinajstić information content (AvgIpc) is 3.33. The highest BCUT2D eigenvalue weighted by atomic mass is 31.2. The zero-order valence-electron chi connectivity index (χ0n) is 44.1. The van der Waals surface area contributed by atoms with Gasteiger partial charge < -0.3 is 53.7 Å². The number of nitrogens with zero attached hydrogens (tertiary/aromatic N) is 3. The van der Waals surface area contributed by atoms with E-state index in [1.807, 2.05) is 121 Å². The number of aryl methyl sites for hydroxylation is 5. The lowest BCUT2D eigenvalue weighted by Crippen LogP contribution is -2.45. The quantitative estimate of drug-likeness (QED) is 0.0301. The third kappa shape index (κ3) is 28.4. The summed E-state index contributed by atoms with van der Waals surface area (Å²) >= 11 is 0. The maximum atomic E-state index is 12.0. The van der Waals surface area contributed by atoms with Crippen molar-refractivity contribution < 1.29 is 71.1 Å². The Morgan fingerprint density at radius 3 is 1.30 bits per heavy atom. The molecule has 6 rings (SSSR count). The number of likely N-dealkylation sites (N-methyl/N-ethyl adjacent to an activating group) is 1. The fourth-order valence-electron chi connectivity index (χ4n) is 5.84. The number of nitrogens with two attached hydrogens (primary N) is 1. The minimum Gasteiger partial charge on any atom is -0.484 e. The second-order valence-corrected chi connectivity index (χ2v) is 20.2. The second-order valence-electron chi connectivity index (χ2n) is 17.8. The van der Waals surface area contributed by atoms with E-state index in [-0.39, 0.29) is 36.2 Å². The number of piperidine rings is 1. The van der Waals surface area contributed by atoms with Gasteiger partial charge in [-0.1, -0.05) is 102 Å². The standard InChI is InChI=1S/C15H22N2O2.C12H17NO2.C11H15NO2.C8H11O5P.C7H9O4P/c1-12-4-6-14(7-5-12)19-15(18)17-10-8-13(9-11-17)16(2)3;1-8(2)11(13)12(14)15-10-6-4-9(3)5-7-10;1-9-4-6-10(7-5-9)14-8-11(13)12(2)3;1-7-2-4-8(5-3-7)12-6-13-14(9,10)11;1-6-2-4-7(5-3-6)11-12(8,9)10/h4-7,13H,8-11H2,1-3H3;4-8,11H,13H2,1-3H3;4-7H,8H2,1-3H3;2-5H,6H2,1H3,(H2,9,10,11);2-5H,1H3,(H2,8,9,10)/t;11-;;;/m.0.../s1. The molecule has 0 spiro atoms. The van der Waals surface area contributed by atoms with Crippen LogP contribution in [0.25, 0.3) is 0 Å². The first-order valence-corrected chi connectivity index (χ1v) is 26.5. The van der Waals surface area contributed by atoms with E-state index in [1.54, 1.807) is 55.4 Å². The summed E-state index contributed by atoms with van der Waals surface area (Å²) in [5, 5.41) is 0. The SMILES string of the molecule is Cc1ccc(OC(=O)N2CCC(N(C)C)CC2)cc1.Cc1ccc(OC(=O)[C@@H](N)C(C)C)cc1.Cc1ccc(OCC(=O)N(C)C)cc1.Cc1ccc(OCOP(=O)(O)O)cc1.Cc1ccc(OP(=O)(O)O)cc1. The van der Waals surface area contributed by atoms with Crippen LogP contribution >= 0.6 is 15.6 Å². The molecule has 19 nitrogen and oxygen atoms in total.